The molecule has 1 aromatic carbocycles. The van der Waals surface area contributed by atoms with Gasteiger partial charge in [0.05, 0.1) is 12.6 Å². The quantitative estimate of drug-likeness (QED) is 0.770. The Bertz CT molecular complexity index is 412. The molecular weight excluding hydrogens is 210 g/mol. The van der Waals surface area contributed by atoms with Crippen LogP contribution in [0.25, 0.3) is 0 Å². The van der Waals surface area contributed by atoms with Crippen LogP contribution >= 0.6 is 0 Å². The molecule has 0 N–H and O–H groups in total. The summed E-state index contributed by atoms with van der Waals surface area (Å²) in [6.07, 6.45) is 6.13. The van der Waals surface area contributed by atoms with E-state index in [1.54, 1.807) is 5.57 Å². The highest BCUT2D eigenvalue weighted by Crippen LogP contribution is 2.36. The van der Waals surface area contributed by atoms with Gasteiger partial charge in [0.25, 0.3) is 0 Å². The summed E-state index contributed by atoms with van der Waals surface area (Å²) in [6, 6.07) is 11.1. The van der Waals surface area contributed by atoms with Crippen LogP contribution in [0.5, 0.6) is 0 Å². The molecule has 0 radical (unpaired) electrons. The summed E-state index contributed by atoms with van der Waals surface area (Å²) in [5.74, 6) is 0. The molecule has 2 atom stereocenters. The highest BCUT2D eigenvalue weighted by atomic mass is 16.5. The fourth-order valence-electron chi connectivity index (χ4n) is 2.78. The predicted octanol–water partition coefficient (Wildman–Crippen LogP) is 3.47. The number of ether oxygens (including phenoxy) is 1. The van der Waals surface area contributed by atoms with Gasteiger partial charge in [-0.2, -0.15) is 0 Å². The third-order valence-corrected chi connectivity index (χ3v) is 3.82. The van der Waals surface area contributed by atoms with Crippen molar-refractivity contribution < 1.29 is 4.74 Å². The second-order valence-corrected chi connectivity index (χ2v) is 4.84. The van der Waals surface area contributed by atoms with Crippen LogP contribution < -0.4 is 0 Å². The molecule has 1 aromatic rings. The summed E-state index contributed by atoms with van der Waals surface area (Å²) in [4.78, 5) is 2.41. The Morgan fingerprint density at radius 1 is 1.29 bits per heavy atom. The first-order chi connectivity index (χ1) is 8.38. The Labute approximate surface area is 103 Å². The van der Waals surface area contributed by atoms with Crippen molar-refractivity contribution in [2.75, 3.05) is 6.61 Å². The van der Waals surface area contributed by atoms with E-state index in [4.69, 9.17) is 4.74 Å². The lowest BCUT2D eigenvalue weighted by atomic mass is 10.0. The van der Waals surface area contributed by atoms with Crippen molar-refractivity contribution in [3.8, 4) is 0 Å². The smallest absolute Gasteiger partial charge is 0.130 e. The first-order valence-corrected chi connectivity index (χ1v) is 6.52. The van der Waals surface area contributed by atoms with Gasteiger partial charge in [-0.05, 0) is 24.8 Å². The summed E-state index contributed by atoms with van der Waals surface area (Å²) in [7, 11) is 0. The molecule has 0 saturated carbocycles. The SMILES string of the molecule is CCC1=CN2[C@H](CC1)OC[C@H]2c1ccccc1. The van der Waals surface area contributed by atoms with Crippen LogP contribution in [0.2, 0.25) is 0 Å². The monoisotopic (exact) mass is 229 g/mol. The molecule has 0 amide bonds. The average Bonchev–Trinajstić information content (AvgIpc) is 2.82. The van der Waals surface area contributed by atoms with Gasteiger partial charge in [-0.15, -0.1) is 0 Å². The first kappa shape index (κ1) is 10.8. The predicted molar refractivity (Wildman–Crippen MR) is 68.4 cm³/mol. The van der Waals surface area contributed by atoms with Gasteiger partial charge in [0.1, 0.15) is 6.23 Å². The van der Waals surface area contributed by atoms with Gasteiger partial charge in [-0.25, -0.2) is 0 Å². The van der Waals surface area contributed by atoms with Gasteiger partial charge in [-0.3, -0.25) is 0 Å². The van der Waals surface area contributed by atoms with Crippen molar-refractivity contribution in [2.24, 2.45) is 0 Å². The fourth-order valence-corrected chi connectivity index (χ4v) is 2.78. The second-order valence-electron chi connectivity index (χ2n) is 4.84. The van der Waals surface area contributed by atoms with E-state index in [9.17, 15) is 0 Å². The lowest BCUT2D eigenvalue weighted by Gasteiger charge is -2.32. The van der Waals surface area contributed by atoms with Crippen LogP contribution in [0.3, 0.4) is 0 Å². The van der Waals surface area contributed by atoms with Crippen LogP contribution in [0.15, 0.2) is 42.1 Å². The summed E-state index contributed by atoms with van der Waals surface area (Å²) in [5, 5.41) is 0. The van der Waals surface area contributed by atoms with E-state index in [2.05, 4.69) is 48.4 Å². The van der Waals surface area contributed by atoms with Gasteiger partial charge in [0.15, 0.2) is 0 Å². The molecule has 17 heavy (non-hydrogen) atoms. The Morgan fingerprint density at radius 2 is 2.12 bits per heavy atom. The van der Waals surface area contributed by atoms with Crippen molar-refractivity contribution in [1.82, 2.24) is 4.90 Å². The van der Waals surface area contributed by atoms with Crippen LogP contribution in [-0.2, 0) is 4.74 Å². The van der Waals surface area contributed by atoms with E-state index in [0.717, 1.165) is 19.4 Å². The molecule has 3 rings (SSSR count). The molecule has 0 unspecified atom stereocenters. The molecule has 90 valence electrons. The molecule has 1 saturated heterocycles. The summed E-state index contributed by atoms with van der Waals surface area (Å²) in [5.41, 5.74) is 2.91. The standard InChI is InChI=1S/C15H19NO/c1-2-12-8-9-15-16(10-12)14(11-17-15)13-6-4-3-5-7-13/h3-7,10,14-15H,2,8-9,11H2,1H3/t14-,15-/m0/s1. The minimum Gasteiger partial charge on any atom is -0.356 e. The maximum absolute atomic E-state index is 5.90. The lowest BCUT2D eigenvalue weighted by Crippen LogP contribution is -2.30. The van der Waals surface area contributed by atoms with Crippen molar-refractivity contribution in [3.05, 3.63) is 47.7 Å². The zero-order valence-electron chi connectivity index (χ0n) is 10.3. The largest absolute Gasteiger partial charge is 0.356 e. The van der Waals surface area contributed by atoms with E-state index in [1.807, 2.05) is 0 Å². The fraction of sp³-hybridized carbons (Fsp3) is 0.467. The molecule has 2 aliphatic rings. The van der Waals surface area contributed by atoms with Gasteiger partial charge >= 0.3 is 0 Å². The molecule has 0 bridgehead atoms. The lowest BCUT2D eigenvalue weighted by molar-refractivity contribution is 0.0405. The van der Waals surface area contributed by atoms with Crippen LogP contribution in [-0.4, -0.2) is 17.7 Å². The number of rotatable bonds is 2. The molecule has 0 aromatic heterocycles. The van der Waals surface area contributed by atoms with Crippen molar-refractivity contribution in [1.29, 1.82) is 0 Å². The molecule has 0 spiro atoms. The first-order valence-electron chi connectivity index (χ1n) is 6.52. The highest BCUT2D eigenvalue weighted by Gasteiger charge is 2.35. The summed E-state index contributed by atoms with van der Waals surface area (Å²) in [6.45, 7) is 3.06. The van der Waals surface area contributed by atoms with Crippen LogP contribution in [0.1, 0.15) is 37.8 Å². The number of hydrogen-bond acceptors (Lipinski definition) is 2. The molecule has 1 fully saturated rings. The minimum absolute atomic E-state index is 0.301. The zero-order chi connectivity index (χ0) is 11.7. The third-order valence-electron chi connectivity index (χ3n) is 3.82. The number of nitrogens with zero attached hydrogens (tertiary/aromatic N) is 1. The van der Waals surface area contributed by atoms with Gasteiger partial charge in [0, 0.05) is 6.20 Å². The van der Waals surface area contributed by atoms with Crippen LogP contribution in [0, 0.1) is 0 Å². The maximum atomic E-state index is 5.90. The van der Waals surface area contributed by atoms with Crippen molar-refractivity contribution in [3.63, 3.8) is 0 Å². The maximum Gasteiger partial charge on any atom is 0.130 e. The molecule has 2 aliphatic heterocycles. The Kier molecular flexibility index (Phi) is 2.89. The minimum atomic E-state index is 0.301. The average molecular weight is 229 g/mol. The number of fused-ring (bicyclic) bond motifs is 1. The molecule has 2 heterocycles. The van der Waals surface area contributed by atoms with Crippen molar-refractivity contribution >= 4 is 0 Å². The Balaban J connectivity index is 1.88. The molecule has 2 heteroatoms. The Hall–Kier alpha value is -1.28. The Morgan fingerprint density at radius 3 is 2.88 bits per heavy atom. The topological polar surface area (TPSA) is 12.5 Å². The number of allylic oxidation sites excluding steroid dienone is 1. The van der Waals surface area contributed by atoms with E-state index in [-0.39, 0.29) is 0 Å². The van der Waals surface area contributed by atoms with E-state index in [1.165, 1.54) is 12.0 Å². The van der Waals surface area contributed by atoms with E-state index in [0.29, 0.717) is 12.3 Å². The molecule has 2 nitrogen and oxygen atoms in total. The normalized spacial score (nSPS) is 27.8. The van der Waals surface area contributed by atoms with E-state index < -0.39 is 0 Å². The van der Waals surface area contributed by atoms with Crippen LogP contribution in [0.4, 0.5) is 0 Å². The van der Waals surface area contributed by atoms with Gasteiger partial charge in [-0.1, -0.05) is 42.8 Å². The van der Waals surface area contributed by atoms with Gasteiger partial charge in [0.2, 0.25) is 0 Å². The molecular formula is C15H19NO. The van der Waals surface area contributed by atoms with Crippen molar-refractivity contribution in [2.45, 2.75) is 38.5 Å². The number of hydrogen-bond donors (Lipinski definition) is 0. The molecule has 0 aliphatic carbocycles. The number of benzene rings is 1. The zero-order valence-corrected chi connectivity index (χ0v) is 10.3. The second kappa shape index (κ2) is 4.53. The van der Waals surface area contributed by atoms with E-state index >= 15 is 0 Å². The third kappa shape index (κ3) is 1.98. The summed E-state index contributed by atoms with van der Waals surface area (Å²) < 4.78 is 5.90. The highest BCUT2D eigenvalue weighted by molar-refractivity contribution is 5.22. The van der Waals surface area contributed by atoms with Gasteiger partial charge < -0.3 is 9.64 Å². The summed E-state index contributed by atoms with van der Waals surface area (Å²) >= 11 is 0.